The van der Waals surface area contributed by atoms with Crippen LogP contribution in [0.5, 0.6) is 0 Å². The van der Waals surface area contributed by atoms with Crippen molar-refractivity contribution in [2.45, 2.75) is 25.7 Å². The zero-order chi connectivity index (χ0) is 12.0. The first-order valence-corrected chi connectivity index (χ1v) is 6.06. The third-order valence-electron chi connectivity index (χ3n) is 3.44. The number of nitrogens with two attached hydrogens (primary N) is 1. The molecule has 0 saturated heterocycles. The summed E-state index contributed by atoms with van der Waals surface area (Å²) in [5.74, 6) is 2.54. The molecule has 0 aliphatic heterocycles. The third-order valence-corrected chi connectivity index (χ3v) is 3.44. The maximum atomic E-state index is 6.14. The number of benzene rings is 1. The predicted molar refractivity (Wildman–Crippen MR) is 69.8 cm³/mol. The van der Waals surface area contributed by atoms with Crippen LogP contribution in [0.4, 0.5) is 5.82 Å². The van der Waals surface area contributed by atoms with Crippen molar-refractivity contribution < 1.29 is 0 Å². The van der Waals surface area contributed by atoms with Crippen LogP contribution < -0.4 is 5.73 Å². The van der Waals surface area contributed by atoms with E-state index in [-0.39, 0.29) is 0 Å². The predicted octanol–water partition coefficient (Wildman–Crippen LogP) is 2.86. The van der Waals surface area contributed by atoms with Gasteiger partial charge in [0.15, 0.2) is 0 Å². The molecule has 0 spiro atoms. The second-order valence-corrected chi connectivity index (χ2v) is 4.90. The number of nitrogens with zero attached hydrogens (tertiary/aromatic N) is 2. The van der Waals surface area contributed by atoms with Crippen LogP contribution in [0.1, 0.15) is 30.1 Å². The van der Waals surface area contributed by atoms with Crippen molar-refractivity contribution in [2.24, 2.45) is 7.05 Å². The quantitative estimate of drug-likeness (QED) is 0.857. The van der Waals surface area contributed by atoms with Crippen LogP contribution in [0.25, 0.3) is 11.3 Å². The highest BCUT2D eigenvalue weighted by Crippen LogP contribution is 2.41. The Bertz CT molecular complexity index is 548. The molecule has 88 valence electrons. The van der Waals surface area contributed by atoms with Crippen molar-refractivity contribution in [2.75, 3.05) is 5.73 Å². The van der Waals surface area contributed by atoms with Crippen LogP contribution in [-0.4, -0.2) is 9.55 Å². The van der Waals surface area contributed by atoms with Gasteiger partial charge in [0.05, 0.1) is 0 Å². The monoisotopic (exact) mass is 227 g/mol. The minimum atomic E-state index is 0.626. The molecule has 2 aromatic rings. The van der Waals surface area contributed by atoms with E-state index in [0.29, 0.717) is 5.92 Å². The molecule has 3 rings (SSSR count). The number of anilines is 1. The maximum absolute atomic E-state index is 6.14. The van der Waals surface area contributed by atoms with Gasteiger partial charge in [-0.15, -0.1) is 0 Å². The normalized spacial score (nSPS) is 15.2. The fourth-order valence-corrected chi connectivity index (χ4v) is 2.16. The summed E-state index contributed by atoms with van der Waals surface area (Å²) in [6.07, 6.45) is 2.50. The van der Waals surface area contributed by atoms with Gasteiger partial charge in [-0.05, 0) is 19.8 Å². The highest BCUT2D eigenvalue weighted by molar-refractivity contribution is 5.71. The van der Waals surface area contributed by atoms with Gasteiger partial charge >= 0.3 is 0 Å². The number of aromatic nitrogens is 2. The van der Waals surface area contributed by atoms with Gasteiger partial charge in [0.2, 0.25) is 0 Å². The van der Waals surface area contributed by atoms with Crippen LogP contribution >= 0.6 is 0 Å². The van der Waals surface area contributed by atoms with Crippen LogP contribution in [0, 0.1) is 6.92 Å². The molecule has 17 heavy (non-hydrogen) atoms. The Labute approximate surface area is 101 Å². The van der Waals surface area contributed by atoms with E-state index < -0.39 is 0 Å². The van der Waals surface area contributed by atoms with Crippen molar-refractivity contribution in [3.8, 4) is 11.3 Å². The minimum absolute atomic E-state index is 0.626. The summed E-state index contributed by atoms with van der Waals surface area (Å²) in [6, 6.07) is 8.37. The Morgan fingerprint density at radius 3 is 2.47 bits per heavy atom. The Kier molecular flexibility index (Phi) is 2.21. The zero-order valence-corrected chi connectivity index (χ0v) is 10.3. The molecule has 1 aliphatic carbocycles. The summed E-state index contributed by atoms with van der Waals surface area (Å²) in [5.41, 5.74) is 9.43. The first-order valence-electron chi connectivity index (χ1n) is 6.06. The Morgan fingerprint density at radius 2 is 1.88 bits per heavy atom. The highest BCUT2D eigenvalue weighted by Gasteiger charge is 2.29. The number of imidazole rings is 1. The van der Waals surface area contributed by atoms with Gasteiger partial charge in [0.1, 0.15) is 17.3 Å². The third kappa shape index (κ3) is 1.71. The van der Waals surface area contributed by atoms with Gasteiger partial charge in [-0.25, -0.2) is 4.98 Å². The van der Waals surface area contributed by atoms with Crippen LogP contribution in [0.15, 0.2) is 24.3 Å². The molecule has 1 aromatic carbocycles. The van der Waals surface area contributed by atoms with Crippen LogP contribution in [0.2, 0.25) is 0 Å². The van der Waals surface area contributed by atoms with Gasteiger partial charge < -0.3 is 10.3 Å². The Balaban J connectivity index is 2.08. The summed E-state index contributed by atoms with van der Waals surface area (Å²) in [6.45, 7) is 2.08. The Hall–Kier alpha value is -1.77. The van der Waals surface area contributed by atoms with Crippen molar-refractivity contribution in [3.63, 3.8) is 0 Å². The molecule has 1 fully saturated rings. The number of hydrogen-bond donors (Lipinski definition) is 1. The maximum Gasteiger partial charge on any atom is 0.131 e. The highest BCUT2D eigenvalue weighted by atomic mass is 15.1. The molecule has 0 atom stereocenters. The lowest BCUT2D eigenvalue weighted by atomic mass is 10.1. The molecule has 1 aliphatic rings. The lowest BCUT2D eigenvalue weighted by Crippen LogP contribution is -2.00. The first kappa shape index (κ1) is 10.4. The van der Waals surface area contributed by atoms with Gasteiger partial charge in [0, 0.05) is 18.5 Å². The van der Waals surface area contributed by atoms with Crippen molar-refractivity contribution >= 4 is 5.82 Å². The van der Waals surface area contributed by atoms with Crippen molar-refractivity contribution in [3.05, 3.63) is 35.7 Å². The van der Waals surface area contributed by atoms with Crippen molar-refractivity contribution in [1.29, 1.82) is 0 Å². The molecule has 2 N–H and O–H groups in total. The van der Waals surface area contributed by atoms with Crippen LogP contribution in [0.3, 0.4) is 0 Å². The molecular weight excluding hydrogens is 210 g/mol. The first-order chi connectivity index (χ1) is 8.16. The number of aryl methyl sites for hydroxylation is 1. The number of hydrogen-bond acceptors (Lipinski definition) is 2. The van der Waals surface area contributed by atoms with Gasteiger partial charge in [0.25, 0.3) is 0 Å². The van der Waals surface area contributed by atoms with E-state index in [4.69, 9.17) is 10.7 Å². The molecule has 0 bridgehead atoms. The number of nitrogen functional groups attached to an aromatic ring is 1. The lowest BCUT2D eigenvalue weighted by molar-refractivity contribution is 0.807. The average molecular weight is 227 g/mol. The summed E-state index contributed by atoms with van der Waals surface area (Å²) in [7, 11) is 2.01. The summed E-state index contributed by atoms with van der Waals surface area (Å²) < 4.78 is 2.03. The van der Waals surface area contributed by atoms with E-state index in [1.54, 1.807) is 0 Å². The van der Waals surface area contributed by atoms with E-state index in [1.807, 2.05) is 11.6 Å². The fourth-order valence-electron chi connectivity index (χ4n) is 2.16. The fraction of sp³-hybridized carbons (Fsp3) is 0.357. The number of rotatable bonds is 2. The SMILES string of the molecule is Cc1ccc(-c2nc(C3CC3)n(C)c2N)cc1. The van der Waals surface area contributed by atoms with Crippen LogP contribution in [-0.2, 0) is 7.05 Å². The molecule has 0 radical (unpaired) electrons. The van der Waals surface area contributed by atoms with Gasteiger partial charge in [-0.2, -0.15) is 0 Å². The molecular formula is C14H17N3. The molecule has 1 saturated carbocycles. The van der Waals surface area contributed by atoms with E-state index >= 15 is 0 Å². The van der Waals surface area contributed by atoms with E-state index in [0.717, 1.165) is 22.9 Å². The van der Waals surface area contributed by atoms with E-state index in [1.165, 1.54) is 18.4 Å². The smallest absolute Gasteiger partial charge is 0.131 e. The Morgan fingerprint density at radius 1 is 1.24 bits per heavy atom. The lowest BCUT2D eigenvalue weighted by Gasteiger charge is -2.01. The molecule has 1 aromatic heterocycles. The van der Waals surface area contributed by atoms with E-state index in [9.17, 15) is 0 Å². The second-order valence-electron chi connectivity index (χ2n) is 4.90. The second kappa shape index (κ2) is 3.62. The van der Waals surface area contributed by atoms with Gasteiger partial charge in [-0.1, -0.05) is 29.8 Å². The van der Waals surface area contributed by atoms with E-state index in [2.05, 4.69) is 31.2 Å². The molecule has 3 nitrogen and oxygen atoms in total. The zero-order valence-electron chi connectivity index (χ0n) is 10.3. The van der Waals surface area contributed by atoms with Crippen molar-refractivity contribution in [1.82, 2.24) is 9.55 Å². The molecule has 0 amide bonds. The molecule has 3 heteroatoms. The van der Waals surface area contributed by atoms with Gasteiger partial charge in [-0.3, -0.25) is 0 Å². The standard InChI is InChI=1S/C14H17N3/c1-9-3-5-10(6-4-9)12-13(15)17(2)14(16-12)11-7-8-11/h3-6,11H,7-8,15H2,1-2H3. The average Bonchev–Trinajstić information content (AvgIpc) is 3.11. The summed E-state index contributed by atoms with van der Waals surface area (Å²) in [5, 5.41) is 0. The largest absolute Gasteiger partial charge is 0.383 e. The molecule has 0 unspecified atom stereocenters. The summed E-state index contributed by atoms with van der Waals surface area (Å²) in [4.78, 5) is 4.71. The summed E-state index contributed by atoms with van der Waals surface area (Å²) >= 11 is 0. The topological polar surface area (TPSA) is 43.8 Å². The molecule has 1 heterocycles. The minimum Gasteiger partial charge on any atom is -0.383 e.